The molecule has 0 spiro atoms. The third kappa shape index (κ3) is 5.31. The molecule has 1 atom stereocenters. The van der Waals surface area contributed by atoms with E-state index in [4.69, 9.17) is 9.94 Å². The van der Waals surface area contributed by atoms with Gasteiger partial charge in [0.05, 0.1) is 18.9 Å². The number of rotatable bonds is 4. The fourth-order valence-electron chi connectivity index (χ4n) is 0.555. The molecule has 3 heteroatoms. The first-order valence-corrected chi connectivity index (χ1v) is 3.21. The van der Waals surface area contributed by atoms with Crippen molar-refractivity contribution in [3.8, 4) is 0 Å². The summed E-state index contributed by atoms with van der Waals surface area (Å²) in [7, 11) is 0. The summed E-state index contributed by atoms with van der Waals surface area (Å²) in [5.41, 5.74) is 0. The maximum absolute atomic E-state index is 7.98. The molecule has 10 heavy (non-hydrogen) atoms. The Balaban J connectivity index is 3.30. The molecule has 1 N–H and O–H groups in total. The molecular weight excluding hydrogens is 130 g/mol. The van der Waals surface area contributed by atoms with Gasteiger partial charge in [0.25, 0.3) is 0 Å². The minimum atomic E-state index is 0.0861. The van der Waals surface area contributed by atoms with E-state index in [1.165, 1.54) is 6.21 Å². The molecule has 1 unspecified atom stereocenters. The van der Waals surface area contributed by atoms with Crippen molar-refractivity contribution >= 4 is 6.21 Å². The second-order valence-corrected chi connectivity index (χ2v) is 1.86. The molecule has 0 amide bonds. The lowest BCUT2D eigenvalue weighted by Gasteiger charge is -2.03. The Labute approximate surface area is 61.0 Å². The van der Waals surface area contributed by atoms with Gasteiger partial charge < -0.3 is 9.94 Å². The first kappa shape index (κ1) is 9.17. The van der Waals surface area contributed by atoms with Crippen LogP contribution in [-0.2, 0) is 4.74 Å². The van der Waals surface area contributed by atoms with E-state index >= 15 is 0 Å². The standard InChI is InChI=1S/C7H13NO2/c1-3-4-7(2)10-6-5-8-9/h3-5,7,9H,6H2,1-2H3. The molecule has 0 aromatic rings. The molecule has 0 bridgehead atoms. The van der Waals surface area contributed by atoms with Gasteiger partial charge in [-0.25, -0.2) is 0 Å². The Morgan fingerprint density at radius 1 is 1.70 bits per heavy atom. The highest BCUT2D eigenvalue weighted by atomic mass is 16.5. The van der Waals surface area contributed by atoms with Crippen LogP contribution >= 0.6 is 0 Å². The van der Waals surface area contributed by atoms with E-state index in [2.05, 4.69) is 5.16 Å². The van der Waals surface area contributed by atoms with Gasteiger partial charge in [-0.1, -0.05) is 17.3 Å². The molecule has 0 rings (SSSR count). The Morgan fingerprint density at radius 3 is 2.90 bits per heavy atom. The summed E-state index contributed by atoms with van der Waals surface area (Å²) < 4.78 is 5.13. The summed E-state index contributed by atoms with van der Waals surface area (Å²) in [4.78, 5) is 0. The molecule has 58 valence electrons. The van der Waals surface area contributed by atoms with Crippen LogP contribution in [0.15, 0.2) is 17.3 Å². The van der Waals surface area contributed by atoms with Crippen molar-refractivity contribution in [3.05, 3.63) is 12.2 Å². The highest BCUT2D eigenvalue weighted by molar-refractivity contribution is 5.57. The van der Waals surface area contributed by atoms with Gasteiger partial charge in [0.15, 0.2) is 0 Å². The summed E-state index contributed by atoms with van der Waals surface area (Å²) in [6, 6.07) is 0. The van der Waals surface area contributed by atoms with Gasteiger partial charge in [0.2, 0.25) is 0 Å². The topological polar surface area (TPSA) is 41.8 Å². The van der Waals surface area contributed by atoms with Gasteiger partial charge in [-0.3, -0.25) is 0 Å². The average molecular weight is 143 g/mol. The zero-order valence-corrected chi connectivity index (χ0v) is 6.32. The Kier molecular flexibility index (Phi) is 5.77. The highest BCUT2D eigenvalue weighted by Crippen LogP contribution is 1.90. The van der Waals surface area contributed by atoms with Gasteiger partial charge in [0.1, 0.15) is 0 Å². The maximum Gasteiger partial charge on any atom is 0.0859 e. The predicted octanol–water partition coefficient (Wildman–Crippen LogP) is 1.43. The lowest BCUT2D eigenvalue weighted by atomic mass is 10.4. The monoisotopic (exact) mass is 143 g/mol. The van der Waals surface area contributed by atoms with Crippen LogP contribution in [-0.4, -0.2) is 24.1 Å². The average Bonchev–Trinajstić information content (AvgIpc) is 1.89. The van der Waals surface area contributed by atoms with Crippen LogP contribution < -0.4 is 0 Å². The fourth-order valence-corrected chi connectivity index (χ4v) is 0.555. The predicted molar refractivity (Wildman–Crippen MR) is 40.5 cm³/mol. The molecule has 0 radical (unpaired) electrons. The van der Waals surface area contributed by atoms with E-state index in [0.29, 0.717) is 6.61 Å². The molecule has 0 saturated heterocycles. The van der Waals surface area contributed by atoms with Gasteiger partial charge >= 0.3 is 0 Å². The summed E-state index contributed by atoms with van der Waals surface area (Å²) in [5.74, 6) is 0. The smallest absolute Gasteiger partial charge is 0.0859 e. The Bertz CT molecular complexity index is 121. The van der Waals surface area contributed by atoms with Crippen LogP contribution in [0.1, 0.15) is 13.8 Å². The van der Waals surface area contributed by atoms with E-state index in [1.807, 2.05) is 26.0 Å². The van der Waals surface area contributed by atoms with Crippen molar-refractivity contribution in [1.82, 2.24) is 0 Å². The molecule has 0 heterocycles. The van der Waals surface area contributed by atoms with Crippen LogP contribution in [0.4, 0.5) is 0 Å². The van der Waals surface area contributed by atoms with Crippen LogP contribution in [0.2, 0.25) is 0 Å². The molecular formula is C7H13NO2. The summed E-state index contributed by atoms with van der Waals surface area (Å²) >= 11 is 0. The first-order chi connectivity index (χ1) is 4.81. The number of ether oxygens (including phenoxy) is 1. The number of nitrogens with zero attached hydrogens (tertiary/aromatic N) is 1. The number of hydrogen-bond acceptors (Lipinski definition) is 3. The second-order valence-electron chi connectivity index (χ2n) is 1.86. The van der Waals surface area contributed by atoms with E-state index < -0.39 is 0 Å². The van der Waals surface area contributed by atoms with Crippen molar-refractivity contribution in [2.45, 2.75) is 20.0 Å². The second kappa shape index (κ2) is 6.29. The molecule has 0 aromatic carbocycles. The quantitative estimate of drug-likeness (QED) is 0.280. The zero-order valence-electron chi connectivity index (χ0n) is 6.32. The third-order valence-corrected chi connectivity index (χ3v) is 0.979. The zero-order chi connectivity index (χ0) is 7.82. The largest absolute Gasteiger partial charge is 0.411 e. The molecule has 0 fully saturated rings. The highest BCUT2D eigenvalue weighted by Gasteiger charge is 1.91. The molecule has 3 nitrogen and oxygen atoms in total. The van der Waals surface area contributed by atoms with Crippen LogP contribution in [0.3, 0.4) is 0 Å². The van der Waals surface area contributed by atoms with E-state index in [9.17, 15) is 0 Å². The third-order valence-electron chi connectivity index (χ3n) is 0.979. The van der Waals surface area contributed by atoms with Crippen molar-refractivity contribution in [1.29, 1.82) is 0 Å². The van der Waals surface area contributed by atoms with Crippen molar-refractivity contribution in [2.24, 2.45) is 5.16 Å². The SMILES string of the molecule is CC=CC(C)OCC=NO. The van der Waals surface area contributed by atoms with Gasteiger partial charge in [0, 0.05) is 0 Å². The molecule has 0 aliphatic carbocycles. The lowest BCUT2D eigenvalue weighted by Crippen LogP contribution is -2.06. The van der Waals surface area contributed by atoms with Crippen LogP contribution in [0.25, 0.3) is 0 Å². The molecule has 0 aliphatic heterocycles. The van der Waals surface area contributed by atoms with E-state index in [1.54, 1.807) is 0 Å². The minimum absolute atomic E-state index is 0.0861. The van der Waals surface area contributed by atoms with E-state index in [-0.39, 0.29) is 6.10 Å². The van der Waals surface area contributed by atoms with Crippen LogP contribution in [0, 0.1) is 0 Å². The van der Waals surface area contributed by atoms with Gasteiger partial charge in [-0.15, -0.1) is 0 Å². The number of hydrogen-bond donors (Lipinski definition) is 1. The summed E-state index contributed by atoms with van der Waals surface area (Å²) in [5, 5.41) is 10.8. The summed E-state index contributed by atoms with van der Waals surface area (Å²) in [6.45, 7) is 4.20. The maximum atomic E-state index is 7.98. The Morgan fingerprint density at radius 2 is 2.40 bits per heavy atom. The molecule has 0 aliphatic rings. The molecule has 0 saturated carbocycles. The van der Waals surface area contributed by atoms with Crippen LogP contribution in [0.5, 0.6) is 0 Å². The van der Waals surface area contributed by atoms with Crippen molar-refractivity contribution in [3.63, 3.8) is 0 Å². The number of oxime groups is 1. The fraction of sp³-hybridized carbons (Fsp3) is 0.571. The molecule has 0 aromatic heterocycles. The summed E-state index contributed by atoms with van der Waals surface area (Å²) in [6.07, 6.45) is 5.23. The minimum Gasteiger partial charge on any atom is -0.411 e. The van der Waals surface area contributed by atoms with E-state index in [0.717, 1.165) is 0 Å². The normalized spacial score (nSPS) is 15.0. The lowest BCUT2D eigenvalue weighted by molar-refractivity contribution is 0.132. The number of allylic oxidation sites excluding steroid dienone is 1. The van der Waals surface area contributed by atoms with Gasteiger partial charge in [-0.05, 0) is 13.8 Å². The van der Waals surface area contributed by atoms with Gasteiger partial charge in [-0.2, -0.15) is 0 Å². The Hall–Kier alpha value is -0.830. The first-order valence-electron chi connectivity index (χ1n) is 3.21. The van der Waals surface area contributed by atoms with Crippen molar-refractivity contribution < 1.29 is 9.94 Å². The van der Waals surface area contributed by atoms with Crippen molar-refractivity contribution in [2.75, 3.05) is 6.61 Å².